The lowest BCUT2D eigenvalue weighted by atomic mass is 9.92. The fourth-order valence-corrected chi connectivity index (χ4v) is 4.73. The van der Waals surface area contributed by atoms with Gasteiger partial charge in [0.15, 0.2) is 5.69 Å². The van der Waals surface area contributed by atoms with Crippen LogP contribution in [-0.4, -0.2) is 56.2 Å². The van der Waals surface area contributed by atoms with Crippen molar-refractivity contribution in [1.29, 1.82) is 0 Å². The van der Waals surface area contributed by atoms with Crippen LogP contribution in [0.25, 0.3) is 11.3 Å². The molecule has 2 aliphatic heterocycles. The fraction of sp³-hybridized carbons (Fsp3) is 0.280. The summed E-state index contributed by atoms with van der Waals surface area (Å²) < 4.78 is 18.8. The van der Waals surface area contributed by atoms with Gasteiger partial charge >= 0.3 is 11.9 Å². The maximum Gasteiger partial charge on any atom is 0.356 e. The molecule has 1 saturated heterocycles. The summed E-state index contributed by atoms with van der Waals surface area (Å²) in [5.41, 5.74) is 2.11. The van der Waals surface area contributed by atoms with Gasteiger partial charge in [-0.1, -0.05) is 12.1 Å². The predicted molar refractivity (Wildman–Crippen MR) is 120 cm³/mol. The summed E-state index contributed by atoms with van der Waals surface area (Å²) in [7, 11) is 0. The van der Waals surface area contributed by atoms with Crippen molar-refractivity contribution in [3.63, 3.8) is 0 Å². The first-order chi connectivity index (χ1) is 16.9. The molecule has 1 unspecified atom stereocenters. The van der Waals surface area contributed by atoms with Crippen molar-refractivity contribution in [2.75, 3.05) is 13.2 Å². The van der Waals surface area contributed by atoms with Crippen molar-refractivity contribution >= 4 is 17.8 Å². The van der Waals surface area contributed by atoms with E-state index in [1.165, 1.54) is 24.3 Å². The molecule has 0 aliphatic carbocycles. The highest BCUT2D eigenvalue weighted by molar-refractivity contribution is 6.10. The van der Waals surface area contributed by atoms with Crippen LogP contribution in [0.5, 0.6) is 0 Å². The van der Waals surface area contributed by atoms with Gasteiger partial charge in [-0.25, -0.2) is 14.0 Å². The fourth-order valence-electron chi connectivity index (χ4n) is 4.73. The number of pyridine rings is 1. The van der Waals surface area contributed by atoms with Crippen molar-refractivity contribution < 1.29 is 28.6 Å². The van der Waals surface area contributed by atoms with Gasteiger partial charge in [-0.05, 0) is 49.6 Å². The number of fused-ring (bicyclic) bond motifs is 3. The Morgan fingerprint density at radius 1 is 1.14 bits per heavy atom. The lowest BCUT2D eigenvalue weighted by Gasteiger charge is -2.17. The Morgan fingerprint density at radius 2 is 1.91 bits per heavy atom. The number of halogens is 1. The zero-order chi connectivity index (χ0) is 24.7. The van der Waals surface area contributed by atoms with Gasteiger partial charge in [0.05, 0.1) is 40.9 Å². The van der Waals surface area contributed by atoms with Crippen LogP contribution in [0, 0.1) is 5.82 Å². The van der Waals surface area contributed by atoms with Crippen molar-refractivity contribution in [2.45, 2.75) is 32.2 Å². The van der Waals surface area contributed by atoms with Crippen LogP contribution in [-0.2, 0) is 11.2 Å². The molecule has 1 atom stereocenters. The van der Waals surface area contributed by atoms with E-state index in [9.17, 15) is 23.9 Å². The molecule has 1 amide bonds. The smallest absolute Gasteiger partial charge is 0.356 e. The highest BCUT2D eigenvalue weighted by Crippen LogP contribution is 2.45. The number of rotatable bonds is 6. The number of esters is 1. The molecule has 0 saturated carbocycles. The summed E-state index contributed by atoms with van der Waals surface area (Å²) in [4.78, 5) is 44.5. The molecule has 1 fully saturated rings. The molecule has 0 radical (unpaired) electrons. The normalized spacial score (nSPS) is 16.2. The number of aromatic nitrogens is 3. The van der Waals surface area contributed by atoms with Gasteiger partial charge in [-0.3, -0.25) is 9.78 Å². The zero-order valence-corrected chi connectivity index (χ0v) is 18.8. The summed E-state index contributed by atoms with van der Waals surface area (Å²) in [6.45, 7) is 2.34. The average Bonchev–Trinajstić information content (AvgIpc) is 3.43. The number of carboxylic acid groups (broad SMARTS) is 1. The molecule has 2 aromatic heterocycles. The van der Waals surface area contributed by atoms with Crippen LogP contribution < -0.4 is 0 Å². The number of aromatic carboxylic acids is 1. The SMILES string of the molecule is CCOC(=O)c1c(Cc2ccc(F)cc2)nc2c(c1-c1ccc(C(=O)O)nn1)C(=O)N1CCCC21. The molecular weight excluding hydrogens is 455 g/mol. The Hall–Kier alpha value is -4.21. The van der Waals surface area contributed by atoms with E-state index in [-0.39, 0.29) is 58.9 Å². The average molecular weight is 476 g/mol. The third kappa shape index (κ3) is 3.90. The number of ether oxygens (including phenoxy) is 1. The van der Waals surface area contributed by atoms with E-state index in [1.807, 2.05) is 0 Å². The van der Waals surface area contributed by atoms with Crippen molar-refractivity contribution in [1.82, 2.24) is 20.1 Å². The zero-order valence-electron chi connectivity index (χ0n) is 18.8. The molecule has 1 aromatic carbocycles. The van der Waals surface area contributed by atoms with Crippen LogP contribution in [0.15, 0.2) is 36.4 Å². The Labute approximate surface area is 199 Å². The van der Waals surface area contributed by atoms with Crippen molar-refractivity contribution in [2.24, 2.45) is 0 Å². The summed E-state index contributed by atoms with van der Waals surface area (Å²) in [5, 5.41) is 17.0. The molecule has 1 N–H and O–H groups in total. The van der Waals surface area contributed by atoms with E-state index in [0.29, 0.717) is 17.9 Å². The Kier molecular flexibility index (Phi) is 5.72. The summed E-state index contributed by atoms with van der Waals surface area (Å²) in [6, 6.07) is 8.34. The van der Waals surface area contributed by atoms with Gasteiger partial charge in [0, 0.05) is 18.5 Å². The second-order valence-electron chi connectivity index (χ2n) is 8.36. The number of carbonyl (C=O) groups excluding carboxylic acids is 2. The number of carboxylic acids is 1. The number of carbonyl (C=O) groups is 3. The Morgan fingerprint density at radius 3 is 2.57 bits per heavy atom. The predicted octanol–water partition coefficient (Wildman–Crippen LogP) is 3.43. The molecule has 178 valence electrons. The van der Waals surface area contributed by atoms with Crippen molar-refractivity contribution in [3.8, 4) is 11.3 Å². The molecule has 0 bridgehead atoms. The Balaban J connectivity index is 1.77. The Bertz CT molecular complexity index is 1340. The highest BCUT2D eigenvalue weighted by atomic mass is 19.1. The van der Waals surface area contributed by atoms with Gasteiger partial charge in [-0.15, -0.1) is 10.2 Å². The number of hydrogen-bond acceptors (Lipinski definition) is 7. The molecule has 35 heavy (non-hydrogen) atoms. The minimum atomic E-state index is -1.25. The third-order valence-electron chi connectivity index (χ3n) is 6.25. The molecule has 0 spiro atoms. The van der Waals surface area contributed by atoms with Crippen LogP contribution in [0.3, 0.4) is 0 Å². The maximum absolute atomic E-state index is 13.5. The molecule has 4 heterocycles. The first kappa shape index (κ1) is 22.6. The molecule has 10 heteroatoms. The summed E-state index contributed by atoms with van der Waals surface area (Å²) in [6.07, 6.45) is 1.77. The van der Waals surface area contributed by atoms with E-state index in [0.717, 1.165) is 18.4 Å². The molecule has 2 aliphatic rings. The van der Waals surface area contributed by atoms with E-state index in [2.05, 4.69) is 10.2 Å². The van der Waals surface area contributed by atoms with E-state index in [4.69, 9.17) is 9.72 Å². The number of nitrogens with zero attached hydrogens (tertiary/aromatic N) is 4. The number of benzene rings is 1. The molecule has 5 rings (SSSR count). The van der Waals surface area contributed by atoms with E-state index < -0.39 is 11.9 Å². The van der Waals surface area contributed by atoms with Gasteiger partial charge < -0.3 is 14.7 Å². The van der Waals surface area contributed by atoms with Crippen molar-refractivity contribution in [3.05, 3.63) is 76.0 Å². The standard InChI is InChI=1S/C25H21FN4O5/c1-2-35-25(34)20-17(12-13-5-7-14(26)8-6-13)27-22-18-4-3-11-30(18)23(31)21(22)19(20)15-9-10-16(24(32)33)29-28-15/h5-10,18H,2-4,11-12H2,1H3,(H,32,33). The lowest BCUT2D eigenvalue weighted by Crippen LogP contribution is -2.23. The topological polar surface area (TPSA) is 123 Å². The van der Waals surface area contributed by atoms with E-state index >= 15 is 0 Å². The van der Waals surface area contributed by atoms with Gasteiger partial charge in [0.2, 0.25) is 0 Å². The molecular formula is C25H21FN4O5. The van der Waals surface area contributed by atoms with E-state index in [1.54, 1.807) is 24.0 Å². The summed E-state index contributed by atoms with van der Waals surface area (Å²) >= 11 is 0. The second kappa shape index (κ2) is 8.86. The van der Waals surface area contributed by atoms with Crippen LogP contribution >= 0.6 is 0 Å². The van der Waals surface area contributed by atoms with Gasteiger partial charge in [0.25, 0.3) is 5.91 Å². The third-order valence-corrected chi connectivity index (χ3v) is 6.25. The van der Waals surface area contributed by atoms with Gasteiger partial charge in [-0.2, -0.15) is 0 Å². The van der Waals surface area contributed by atoms with Crippen LogP contribution in [0.2, 0.25) is 0 Å². The quantitative estimate of drug-likeness (QED) is 0.537. The van der Waals surface area contributed by atoms with Crippen LogP contribution in [0.4, 0.5) is 4.39 Å². The van der Waals surface area contributed by atoms with Crippen LogP contribution in [0.1, 0.15) is 74.0 Å². The monoisotopic (exact) mass is 476 g/mol. The lowest BCUT2D eigenvalue weighted by molar-refractivity contribution is 0.0524. The summed E-state index contributed by atoms with van der Waals surface area (Å²) in [5.74, 6) is -2.57. The minimum absolute atomic E-state index is 0.0711. The number of amides is 1. The maximum atomic E-state index is 13.5. The first-order valence-electron chi connectivity index (χ1n) is 11.3. The number of hydrogen-bond donors (Lipinski definition) is 1. The first-order valence-corrected chi connectivity index (χ1v) is 11.3. The molecule has 9 nitrogen and oxygen atoms in total. The second-order valence-corrected chi connectivity index (χ2v) is 8.36. The molecule has 3 aromatic rings. The largest absolute Gasteiger partial charge is 0.476 e. The highest BCUT2D eigenvalue weighted by Gasteiger charge is 2.45. The van der Waals surface area contributed by atoms with Gasteiger partial charge in [0.1, 0.15) is 5.82 Å². The minimum Gasteiger partial charge on any atom is -0.476 e.